The van der Waals surface area contributed by atoms with Gasteiger partial charge >= 0.3 is 11.8 Å². The van der Waals surface area contributed by atoms with E-state index in [1.54, 1.807) is 28.6 Å². The highest BCUT2D eigenvalue weighted by atomic mass is 32.1. The number of hydrogen-bond donors (Lipinski definition) is 1. The molecular weight excluding hydrogens is 579 g/mol. The molecule has 4 aromatic rings. The summed E-state index contributed by atoms with van der Waals surface area (Å²) >= 11 is 1.71. The van der Waals surface area contributed by atoms with Crippen LogP contribution in [0.15, 0.2) is 36.8 Å². The first-order valence-corrected chi connectivity index (χ1v) is 19.4. The number of likely N-dealkylation sites (N-methyl/N-ethyl adjacent to an activating group) is 1. The highest BCUT2D eigenvalue weighted by Gasteiger charge is 2.35. The lowest BCUT2D eigenvalue weighted by Crippen LogP contribution is -2.46. The second-order valence-corrected chi connectivity index (χ2v) is 19.2. The SMILES string of the molecule is CCOC(n1cc2cncc(NC(=O)C(=O)N3C[C@@H](C)CC[C@@H]3c3ccc4sc(CCN(C)C)nc4c3)c2n1)[Si](C)(C)C. The Bertz CT molecular complexity index is 1610. The van der Waals surface area contributed by atoms with Crippen molar-refractivity contribution in [1.82, 2.24) is 29.5 Å². The Morgan fingerprint density at radius 1 is 1.21 bits per heavy atom. The second-order valence-electron chi connectivity index (χ2n) is 12.9. The molecule has 10 nitrogen and oxygen atoms in total. The van der Waals surface area contributed by atoms with Crippen LogP contribution in [0.4, 0.5) is 5.69 Å². The minimum atomic E-state index is -1.77. The number of benzene rings is 1. The van der Waals surface area contributed by atoms with E-state index in [2.05, 4.69) is 74.1 Å². The van der Waals surface area contributed by atoms with Crippen LogP contribution in [0.3, 0.4) is 0 Å². The molecule has 1 N–H and O–H groups in total. The number of nitrogens with zero attached hydrogens (tertiary/aromatic N) is 6. The van der Waals surface area contributed by atoms with Crippen LogP contribution >= 0.6 is 11.3 Å². The third-order valence-electron chi connectivity index (χ3n) is 7.87. The summed E-state index contributed by atoms with van der Waals surface area (Å²) in [5.41, 5.74) is 2.96. The molecule has 1 aliphatic rings. The Balaban J connectivity index is 1.38. The molecule has 0 saturated carbocycles. The summed E-state index contributed by atoms with van der Waals surface area (Å²) in [7, 11) is 2.36. The lowest BCUT2D eigenvalue weighted by atomic mass is 9.89. The van der Waals surface area contributed by atoms with Crippen LogP contribution in [-0.2, 0) is 20.7 Å². The molecule has 0 aliphatic carbocycles. The minimum absolute atomic E-state index is 0.162. The van der Waals surface area contributed by atoms with E-state index in [0.29, 0.717) is 30.3 Å². The fourth-order valence-electron chi connectivity index (χ4n) is 5.71. The van der Waals surface area contributed by atoms with Crippen molar-refractivity contribution in [3.8, 4) is 0 Å². The summed E-state index contributed by atoms with van der Waals surface area (Å²) in [6.45, 7) is 12.8. The molecule has 1 aliphatic heterocycles. The molecule has 3 aromatic heterocycles. The quantitative estimate of drug-likeness (QED) is 0.195. The van der Waals surface area contributed by atoms with Gasteiger partial charge in [0.2, 0.25) is 0 Å². The molecule has 230 valence electrons. The largest absolute Gasteiger partial charge is 0.360 e. The fourth-order valence-corrected chi connectivity index (χ4v) is 8.24. The Labute approximate surface area is 258 Å². The van der Waals surface area contributed by atoms with Crippen molar-refractivity contribution in [2.45, 2.75) is 64.6 Å². The van der Waals surface area contributed by atoms with Gasteiger partial charge in [0.1, 0.15) is 19.4 Å². The predicted molar refractivity (Wildman–Crippen MR) is 175 cm³/mol. The topological polar surface area (TPSA) is 105 Å². The van der Waals surface area contributed by atoms with Gasteiger partial charge in [-0.3, -0.25) is 14.6 Å². The van der Waals surface area contributed by atoms with Crippen LogP contribution in [-0.4, -0.2) is 83.2 Å². The number of piperidine rings is 1. The van der Waals surface area contributed by atoms with Gasteiger partial charge in [-0.2, -0.15) is 5.10 Å². The number of carbonyl (C=O) groups is 2. The number of carbonyl (C=O) groups excluding carboxylic acids is 2. The van der Waals surface area contributed by atoms with Crippen molar-refractivity contribution in [2.75, 3.05) is 39.1 Å². The van der Waals surface area contributed by atoms with Gasteiger partial charge < -0.3 is 19.9 Å². The smallest absolute Gasteiger partial charge is 0.314 e. The van der Waals surface area contributed by atoms with Crippen LogP contribution in [0.1, 0.15) is 49.2 Å². The molecule has 5 rings (SSSR count). The molecule has 2 amide bonds. The third-order valence-corrected chi connectivity index (χ3v) is 10.9. The molecule has 0 bridgehead atoms. The van der Waals surface area contributed by atoms with E-state index >= 15 is 0 Å². The highest BCUT2D eigenvalue weighted by molar-refractivity contribution is 7.18. The maximum absolute atomic E-state index is 13.7. The van der Waals surface area contributed by atoms with Gasteiger partial charge in [0.15, 0.2) is 0 Å². The summed E-state index contributed by atoms with van der Waals surface area (Å²) in [4.78, 5) is 40.3. The molecular formula is C31H43N7O3SSi. The molecule has 1 unspecified atom stereocenters. The van der Waals surface area contributed by atoms with Crippen molar-refractivity contribution in [1.29, 1.82) is 0 Å². The van der Waals surface area contributed by atoms with Crippen molar-refractivity contribution < 1.29 is 14.3 Å². The lowest BCUT2D eigenvalue weighted by Gasteiger charge is -2.38. The number of likely N-dealkylation sites (tertiary alicyclic amines) is 1. The average molecular weight is 622 g/mol. The first-order chi connectivity index (χ1) is 20.4. The van der Waals surface area contributed by atoms with Crippen molar-refractivity contribution in [3.05, 3.63) is 47.4 Å². The van der Waals surface area contributed by atoms with E-state index in [-0.39, 0.29) is 11.9 Å². The van der Waals surface area contributed by atoms with Crippen LogP contribution in [0.2, 0.25) is 19.6 Å². The number of amides is 2. The van der Waals surface area contributed by atoms with E-state index in [1.807, 2.05) is 17.8 Å². The predicted octanol–water partition coefficient (Wildman–Crippen LogP) is 5.50. The average Bonchev–Trinajstić information content (AvgIpc) is 3.57. The standard InChI is InChI=1S/C31H43N7O3SSi/c1-8-41-31(43(5,6)7)38-19-22-16-32-17-24(28(22)35-38)34-29(39)30(40)37-18-20(2)9-11-25(37)21-10-12-26-23(15-21)33-27(42-26)13-14-36(3)4/h10,12,15-17,19-20,25,31H,8-9,11,13-14,18H2,1-7H3,(H,34,39)/t20-,25+,31?/m0/s1. The zero-order valence-corrected chi connectivity index (χ0v) is 28.1. The molecule has 4 heterocycles. The summed E-state index contributed by atoms with van der Waals surface area (Å²) in [6.07, 6.45) is 7.85. The molecule has 0 radical (unpaired) electrons. The Morgan fingerprint density at radius 3 is 2.72 bits per heavy atom. The zero-order valence-electron chi connectivity index (χ0n) is 26.3. The maximum atomic E-state index is 13.7. The molecule has 1 saturated heterocycles. The maximum Gasteiger partial charge on any atom is 0.314 e. The number of aromatic nitrogens is 4. The number of pyridine rings is 1. The first kappa shape index (κ1) is 31.2. The van der Waals surface area contributed by atoms with Crippen molar-refractivity contribution in [3.63, 3.8) is 0 Å². The Hall–Kier alpha value is -3.19. The summed E-state index contributed by atoms with van der Waals surface area (Å²) < 4.78 is 9.03. The minimum Gasteiger partial charge on any atom is -0.360 e. The molecule has 1 aromatic carbocycles. The summed E-state index contributed by atoms with van der Waals surface area (Å²) in [5, 5.41) is 9.51. The van der Waals surface area contributed by atoms with Crippen molar-refractivity contribution >= 4 is 58.0 Å². The molecule has 12 heteroatoms. The number of nitrogens with one attached hydrogen (secondary N) is 1. The van der Waals surface area contributed by atoms with E-state index in [4.69, 9.17) is 14.8 Å². The zero-order chi connectivity index (χ0) is 30.9. The fraction of sp³-hybridized carbons (Fsp3) is 0.516. The number of thiazole rings is 1. The number of fused-ring (bicyclic) bond motifs is 2. The Morgan fingerprint density at radius 2 is 2.00 bits per heavy atom. The first-order valence-electron chi connectivity index (χ1n) is 15.0. The van der Waals surface area contributed by atoms with Gasteiger partial charge in [-0.1, -0.05) is 32.6 Å². The van der Waals surface area contributed by atoms with Gasteiger partial charge in [0.25, 0.3) is 0 Å². The second kappa shape index (κ2) is 12.8. The van der Waals surface area contributed by atoms with Crippen LogP contribution in [0.25, 0.3) is 21.1 Å². The normalized spacial score (nSPS) is 18.5. The van der Waals surface area contributed by atoms with Gasteiger partial charge in [-0.05, 0) is 57.5 Å². The number of ether oxygens (including phenoxy) is 1. The van der Waals surface area contributed by atoms with E-state index < -0.39 is 19.9 Å². The van der Waals surface area contributed by atoms with Crippen molar-refractivity contribution in [2.24, 2.45) is 5.92 Å². The van der Waals surface area contributed by atoms with E-state index in [9.17, 15) is 9.59 Å². The third kappa shape index (κ3) is 6.98. The molecule has 1 fully saturated rings. The summed E-state index contributed by atoms with van der Waals surface area (Å²) in [5.74, 6) is -1.10. The molecule has 43 heavy (non-hydrogen) atoms. The highest BCUT2D eigenvalue weighted by Crippen LogP contribution is 2.36. The molecule has 3 atom stereocenters. The Kier molecular flexibility index (Phi) is 9.31. The number of anilines is 1. The number of hydrogen-bond acceptors (Lipinski definition) is 8. The molecule has 0 spiro atoms. The monoisotopic (exact) mass is 621 g/mol. The van der Waals surface area contributed by atoms with Gasteiger partial charge in [0, 0.05) is 43.9 Å². The number of rotatable bonds is 9. The van der Waals surface area contributed by atoms with Crippen LogP contribution < -0.4 is 5.32 Å². The van der Waals surface area contributed by atoms with E-state index in [0.717, 1.165) is 52.0 Å². The van der Waals surface area contributed by atoms with E-state index in [1.165, 1.54) is 0 Å². The lowest BCUT2D eigenvalue weighted by molar-refractivity contribution is -0.146. The van der Waals surface area contributed by atoms with Crippen LogP contribution in [0.5, 0.6) is 0 Å². The van der Waals surface area contributed by atoms with Crippen LogP contribution in [0, 0.1) is 5.92 Å². The van der Waals surface area contributed by atoms with Gasteiger partial charge in [-0.25, -0.2) is 9.67 Å². The van der Waals surface area contributed by atoms with Gasteiger partial charge in [0.05, 0.1) is 33.2 Å². The van der Waals surface area contributed by atoms with Gasteiger partial charge in [-0.15, -0.1) is 11.3 Å². The summed E-state index contributed by atoms with van der Waals surface area (Å²) in [6, 6.07) is 6.08.